The second-order valence-corrected chi connectivity index (χ2v) is 6.83. The fourth-order valence-corrected chi connectivity index (χ4v) is 3.87. The maximum absolute atomic E-state index is 11.3. The molecule has 18 heavy (non-hydrogen) atoms. The van der Waals surface area contributed by atoms with Crippen molar-refractivity contribution in [3.63, 3.8) is 0 Å². The number of aliphatic carboxylic acids is 1. The lowest BCUT2D eigenvalue weighted by Crippen LogP contribution is -2.52. The van der Waals surface area contributed by atoms with Gasteiger partial charge in [-0.3, -0.25) is 4.79 Å². The zero-order chi connectivity index (χ0) is 13.3. The van der Waals surface area contributed by atoms with Gasteiger partial charge in [0, 0.05) is 12.1 Å². The maximum atomic E-state index is 11.3. The molecule has 2 N–H and O–H groups in total. The van der Waals surface area contributed by atoms with E-state index in [1.165, 1.54) is 25.7 Å². The lowest BCUT2D eigenvalue weighted by molar-refractivity contribution is -0.150. The first kappa shape index (κ1) is 13.9. The van der Waals surface area contributed by atoms with Crippen molar-refractivity contribution in [2.45, 2.75) is 71.4 Å². The minimum atomic E-state index is -0.619. The molecular weight excluding hydrogens is 226 g/mol. The van der Waals surface area contributed by atoms with Crippen molar-refractivity contribution in [1.29, 1.82) is 0 Å². The maximum Gasteiger partial charge on any atom is 0.307 e. The molecule has 2 aliphatic rings. The number of nitrogens with one attached hydrogen (secondary N) is 1. The molecule has 104 valence electrons. The lowest BCUT2D eigenvalue weighted by atomic mass is 9.61. The molecule has 0 aliphatic heterocycles. The van der Waals surface area contributed by atoms with Gasteiger partial charge in [-0.2, -0.15) is 0 Å². The summed E-state index contributed by atoms with van der Waals surface area (Å²) in [5, 5.41) is 13.1. The average molecular weight is 253 g/mol. The molecular formula is C15H27NO2. The molecule has 0 radical (unpaired) electrons. The van der Waals surface area contributed by atoms with Crippen molar-refractivity contribution < 1.29 is 9.90 Å². The van der Waals surface area contributed by atoms with Gasteiger partial charge in [-0.05, 0) is 37.0 Å². The van der Waals surface area contributed by atoms with Gasteiger partial charge in [0.05, 0.1) is 5.92 Å². The molecule has 0 amide bonds. The lowest BCUT2D eigenvalue weighted by Gasteiger charge is -2.47. The highest BCUT2D eigenvalue weighted by Crippen LogP contribution is 2.45. The average Bonchev–Trinajstić information content (AvgIpc) is 2.77. The van der Waals surface area contributed by atoms with Crippen molar-refractivity contribution in [3.8, 4) is 0 Å². The van der Waals surface area contributed by atoms with E-state index in [1.54, 1.807) is 0 Å². The van der Waals surface area contributed by atoms with Crippen LogP contribution in [0, 0.1) is 17.3 Å². The van der Waals surface area contributed by atoms with E-state index < -0.39 is 5.97 Å². The van der Waals surface area contributed by atoms with Gasteiger partial charge in [0.1, 0.15) is 0 Å². The summed E-state index contributed by atoms with van der Waals surface area (Å²) >= 11 is 0. The largest absolute Gasteiger partial charge is 0.481 e. The zero-order valence-electron chi connectivity index (χ0n) is 11.9. The Morgan fingerprint density at radius 2 is 1.78 bits per heavy atom. The predicted octanol–water partition coefficient (Wildman–Crippen LogP) is 3.04. The molecule has 3 atom stereocenters. The van der Waals surface area contributed by atoms with Crippen LogP contribution in [0.3, 0.4) is 0 Å². The van der Waals surface area contributed by atoms with Crippen LogP contribution in [-0.2, 0) is 4.79 Å². The molecule has 3 nitrogen and oxygen atoms in total. The van der Waals surface area contributed by atoms with Crippen LogP contribution in [0.5, 0.6) is 0 Å². The van der Waals surface area contributed by atoms with Crippen LogP contribution in [0.25, 0.3) is 0 Å². The Morgan fingerprint density at radius 3 is 2.33 bits per heavy atom. The van der Waals surface area contributed by atoms with E-state index in [2.05, 4.69) is 26.1 Å². The summed E-state index contributed by atoms with van der Waals surface area (Å²) in [4.78, 5) is 11.3. The third-order valence-electron chi connectivity index (χ3n) is 5.54. The highest BCUT2D eigenvalue weighted by molar-refractivity contribution is 5.71. The molecule has 0 bridgehead atoms. The third-order valence-corrected chi connectivity index (χ3v) is 5.54. The van der Waals surface area contributed by atoms with Crippen LogP contribution < -0.4 is 5.32 Å². The van der Waals surface area contributed by atoms with Crippen LogP contribution in [0.4, 0.5) is 0 Å². The van der Waals surface area contributed by atoms with Crippen molar-refractivity contribution in [1.82, 2.24) is 5.32 Å². The highest BCUT2D eigenvalue weighted by Gasteiger charge is 2.46. The molecule has 3 unspecified atom stereocenters. The normalized spacial score (nSPS) is 36.7. The quantitative estimate of drug-likeness (QED) is 0.812. The van der Waals surface area contributed by atoms with Gasteiger partial charge in [0.25, 0.3) is 0 Å². The predicted molar refractivity (Wildman–Crippen MR) is 72.5 cm³/mol. The van der Waals surface area contributed by atoms with E-state index in [9.17, 15) is 9.90 Å². The van der Waals surface area contributed by atoms with E-state index in [0.29, 0.717) is 18.0 Å². The molecule has 2 fully saturated rings. The summed E-state index contributed by atoms with van der Waals surface area (Å²) in [5.41, 5.74) is -0.111. The van der Waals surface area contributed by atoms with E-state index in [0.717, 1.165) is 12.8 Å². The van der Waals surface area contributed by atoms with Crippen molar-refractivity contribution in [2.75, 3.05) is 0 Å². The Labute approximate surface area is 110 Å². The molecule has 0 aromatic carbocycles. The summed E-state index contributed by atoms with van der Waals surface area (Å²) in [6.45, 7) is 6.47. The van der Waals surface area contributed by atoms with Gasteiger partial charge in [0.2, 0.25) is 0 Å². The fourth-order valence-electron chi connectivity index (χ4n) is 3.87. The number of hydrogen-bond acceptors (Lipinski definition) is 2. The first-order chi connectivity index (χ1) is 8.43. The van der Waals surface area contributed by atoms with Crippen LogP contribution in [0.2, 0.25) is 0 Å². The van der Waals surface area contributed by atoms with Crippen molar-refractivity contribution >= 4 is 5.97 Å². The molecule has 2 rings (SSSR count). The molecule has 0 spiro atoms. The second kappa shape index (κ2) is 5.20. The standard InChI is InChI=1S/C15H27NO2/c1-10-13(16-11-6-4-5-7-11)9-8-12(14(17)18)15(10,2)3/h10-13,16H,4-9H2,1-3H3,(H,17,18). The third kappa shape index (κ3) is 2.56. The Balaban J connectivity index is 2.01. The highest BCUT2D eigenvalue weighted by atomic mass is 16.4. The number of carboxylic acid groups (broad SMARTS) is 1. The summed E-state index contributed by atoms with van der Waals surface area (Å²) in [5.74, 6) is -0.381. The van der Waals surface area contributed by atoms with Crippen molar-refractivity contribution in [2.24, 2.45) is 17.3 Å². The van der Waals surface area contributed by atoms with E-state index in [1.807, 2.05) is 0 Å². The smallest absolute Gasteiger partial charge is 0.307 e. The van der Waals surface area contributed by atoms with Crippen LogP contribution in [0.1, 0.15) is 59.3 Å². The summed E-state index contributed by atoms with van der Waals surface area (Å²) < 4.78 is 0. The Morgan fingerprint density at radius 1 is 1.17 bits per heavy atom. The van der Waals surface area contributed by atoms with Gasteiger partial charge in [-0.25, -0.2) is 0 Å². The fraction of sp³-hybridized carbons (Fsp3) is 0.933. The first-order valence-corrected chi connectivity index (χ1v) is 7.41. The summed E-state index contributed by atoms with van der Waals surface area (Å²) in [7, 11) is 0. The second-order valence-electron chi connectivity index (χ2n) is 6.83. The molecule has 3 heteroatoms. The molecule has 0 saturated heterocycles. The number of rotatable bonds is 3. The van der Waals surface area contributed by atoms with E-state index >= 15 is 0 Å². The van der Waals surface area contributed by atoms with Crippen LogP contribution in [0.15, 0.2) is 0 Å². The van der Waals surface area contributed by atoms with Gasteiger partial charge >= 0.3 is 5.97 Å². The zero-order valence-corrected chi connectivity index (χ0v) is 11.9. The number of carbonyl (C=O) groups is 1. The minimum Gasteiger partial charge on any atom is -0.481 e. The first-order valence-electron chi connectivity index (χ1n) is 7.41. The Hall–Kier alpha value is -0.570. The number of hydrogen-bond donors (Lipinski definition) is 2. The Bertz CT molecular complexity index is 308. The van der Waals surface area contributed by atoms with E-state index in [4.69, 9.17) is 0 Å². The van der Waals surface area contributed by atoms with Crippen molar-refractivity contribution in [3.05, 3.63) is 0 Å². The Kier molecular flexibility index (Phi) is 4.00. The van der Waals surface area contributed by atoms with E-state index in [-0.39, 0.29) is 11.3 Å². The topological polar surface area (TPSA) is 49.3 Å². The number of carboxylic acids is 1. The molecule has 2 saturated carbocycles. The van der Waals surface area contributed by atoms with Gasteiger partial charge in [-0.1, -0.05) is 33.6 Å². The van der Waals surface area contributed by atoms with Crippen LogP contribution >= 0.6 is 0 Å². The molecule has 0 heterocycles. The monoisotopic (exact) mass is 253 g/mol. The molecule has 0 aromatic rings. The summed E-state index contributed by atoms with van der Waals surface area (Å²) in [6.07, 6.45) is 7.12. The van der Waals surface area contributed by atoms with Gasteiger partial charge in [0.15, 0.2) is 0 Å². The minimum absolute atomic E-state index is 0.111. The van der Waals surface area contributed by atoms with Crippen LogP contribution in [-0.4, -0.2) is 23.2 Å². The van der Waals surface area contributed by atoms with Gasteiger partial charge in [-0.15, -0.1) is 0 Å². The molecule has 0 aromatic heterocycles. The SMILES string of the molecule is CC1C(NC2CCCC2)CCC(C(=O)O)C1(C)C. The van der Waals surface area contributed by atoms with Gasteiger partial charge < -0.3 is 10.4 Å². The summed E-state index contributed by atoms with van der Waals surface area (Å²) in [6, 6.07) is 1.17. The molecule has 2 aliphatic carbocycles.